The molecule has 0 radical (unpaired) electrons. The number of benzene rings is 1. The molecule has 1 unspecified atom stereocenters. The average molecular weight is 453 g/mol. The lowest BCUT2D eigenvalue weighted by Gasteiger charge is -2.18. The molecule has 3 N–H and O–H groups in total. The Morgan fingerprint density at radius 3 is 2.84 bits per heavy atom. The molecule has 1 aromatic heterocycles. The number of hydrogen-bond acceptors (Lipinski definition) is 3. The van der Waals surface area contributed by atoms with Crippen molar-refractivity contribution in [2.24, 2.45) is 5.84 Å². The first-order valence-corrected chi connectivity index (χ1v) is 7.85. The van der Waals surface area contributed by atoms with Crippen LogP contribution in [0.2, 0.25) is 5.02 Å². The van der Waals surface area contributed by atoms with E-state index in [1.807, 2.05) is 30.5 Å². The number of nitrogens with two attached hydrogens (primary N) is 1. The van der Waals surface area contributed by atoms with Crippen molar-refractivity contribution in [1.29, 1.82) is 0 Å². The molecule has 0 aliphatic heterocycles. The summed E-state index contributed by atoms with van der Waals surface area (Å²) in [4.78, 5) is 4.16. The fourth-order valence-corrected chi connectivity index (χ4v) is 3.15. The number of halogens is 3. The molecule has 2 aromatic rings. The van der Waals surface area contributed by atoms with Gasteiger partial charge in [0.05, 0.1) is 6.04 Å². The van der Waals surface area contributed by atoms with E-state index in [0.717, 1.165) is 25.6 Å². The predicted molar refractivity (Wildman–Crippen MR) is 89.9 cm³/mol. The molecule has 0 amide bonds. The van der Waals surface area contributed by atoms with E-state index in [0.29, 0.717) is 5.02 Å². The normalized spacial score (nSPS) is 12.4. The Labute approximate surface area is 139 Å². The van der Waals surface area contributed by atoms with Gasteiger partial charge in [0.15, 0.2) is 0 Å². The lowest BCUT2D eigenvalue weighted by atomic mass is 10.0. The van der Waals surface area contributed by atoms with Gasteiger partial charge in [-0.2, -0.15) is 0 Å². The summed E-state index contributed by atoms with van der Waals surface area (Å²) in [5.41, 5.74) is 5.05. The zero-order chi connectivity index (χ0) is 13.8. The topological polar surface area (TPSA) is 50.9 Å². The lowest BCUT2D eigenvalue weighted by Crippen LogP contribution is -2.30. The number of aromatic nitrogens is 1. The first-order valence-electron chi connectivity index (χ1n) is 5.60. The van der Waals surface area contributed by atoms with Gasteiger partial charge < -0.3 is 0 Å². The highest BCUT2D eigenvalue weighted by Gasteiger charge is 2.14. The number of rotatable bonds is 4. The van der Waals surface area contributed by atoms with Gasteiger partial charge in [-0.15, -0.1) is 0 Å². The van der Waals surface area contributed by atoms with Crippen LogP contribution in [0.25, 0.3) is 0 Å². The summed E-state index contributed by atoms with van der Waals surface area (Å²) < 4.78 is 2.09. The molecule has 6 heteroatoms. The van der Waals surface area contributed by atoms with Crippen molar-refractivity contribution >= 4 is 50.1 Å². The van der Waals surface area contributed by atoms with Gasteiger partial charge in [0, 0.05) is 25.5 Å². The Morgan fingerprint density at radius 1 is 1.37 bits per heavy atom. The highest BCUT2D eigenvalue weighted by molar-refractivity contribution is 14.1. The van der Waals surface area contributed by atoms with E-state index in [-0.39, 0.29) is 6.04 Å². The molecule has 1 aromatic carbocycles. The minimum absolute atomic E-state index is 0.00157. The van der Waals surface area contributed by atoms with Crippen LogP contribution < -0.4 is 11.3 Å². The highest BCUT2D eigenvalue weighted by Crippen LogP contribution is 2.26. The molecule has 0 saturated carbocycles. The monoisotopic (exact) mass is 451 g/mol. The van der Waals surface area contributed by atoms with Gasteiger partial charge >= 0.3 is 0 Å². The van der Waals surface area contributed by atoms with Crippen molar-refractivity contribution < 1.29 is 0 Å². The molecule has 0 fully saturated rings. The zero-order valence-corrected chi connectivity index (χ0v) is 14.4. The van der Waals surface area contributed by atoms with Crippen LogP contribution in [-0.4, -0.2) is 4.98 Å². The third-order valence-corrected chi connectivity index (χ3v) is 4.39. The maximum Gasteiger partial charge on any atom is 0.0511 e. The first-order chi connectivity index (χ1) is 9.10. The Bertz CT molecular complexity index is 580. The van der Waals surface area contributed by atoms with E-state index in [1.165, 1.54) is 0 Å². The van der Waals surface area contributed by atoms with Gasteiger partial charge in [-0.25, -0.2) is 0 Å². The van der Waals surface area contributed by atoms with Crippen molar-refractivity contribution in [2.45, 2.75) is 12.5 Å². The largest absolute Gasteiger partial charge is 0.271 e. The van der Waals surface area contributed by atoms with Crippen LogP contribution in [0, 0.1) is 3.57 Å². The molecule has 0 aliphatic carbocycles. The van der Waals surface area contributed by atoms with E-state index in [9.17, 15) is 0 Å². The first kappa shape index (κ1) is 15.2. The van der Waals surface area contributed by atoms with E-state index in [2.05, 4.69) is 48.9 Å². The number of hydrogen-bond donors (Lipinski definition) is 2. The maximum atomic E-state index is 6.05. The third-order valence-electron chi connectivity index (χ3n) is 2.74. The third kappa shape index (κ3) is 4.13. The summed E-state index contributed by atoms with van der Waals surface area (Å²) in [7, 11) is 0. The Hall–Kier alpha value is -0.210. The summed E-state index contributed by atoms with van der Waals surface area (Å²) in [6.07, 6.45) is 4.35. The van der Waals surface area contributed by atoms with E-state index in [1.54, 1.807) is 6.20 Å². The van der Waals surface area contributed by atoms with Crippen LogP contribution in [0.4, 0.5) is 0 Å². The second kappa shape index (κ2) is 6.99. The predicted octanol–water partition coefficient (Wildman–Crippen LogP) is 3.85. The Kier molecular flexibility index (Phi) is 5.58. The second-order valence-electron chi connectivity index (χ2n) is 4.10. The van der Waals surface area contributed by atoms with E-state index >= 15 is 0 Å². The molecule has 0 aliphatic rings. The van der Waals surface area contributed by atoms with Gasteiger partial charge in [-0.3, -0.25) is 16.3 Å². The molecule has 0 bridgehead atoms. The van der Waals surface area contributed by atoms with Gasteiger partial charge in [0.2, 0.25) is 0 Å². The lowest BCUT2D eigenvalue weighted by molar-refractivity contribution is 0.549. The molecule has 0 saturated heterocycles. The number of pyridine rings is 1. The summed E-state index contributed by atoms with van der Waals surface area (Å²) >= 11 is 11.8. The number of nitrogens with zero attached hydrogens (tertiary/aromatic N) is 1. The van der Waals surface area contributed by atoms with Crippen LogP contribution in [0.1, 0.15) is 17.2 Å². The molecule has 3 nitrogen and oxygen atoms in total. The van der Waals surface area contributed by atoms with Crippen LogP contribution in [-0.2, 0) is 6.42 Å². The summed E-state index contributed by atoms with van der Waals surface area (Å²) in [5.74, 6) is 5.68. The van der Waals surface area contributed by atoms with Crippen molar-refractivity contribution in [3.63, 3.8) is 0 Å². The number of hydrazine groups is 1. The van der Waals surface area contributed by atoms with Crippen LogP contribution in [0.15, 0.2) is 41.1 Å². The van der Waals surface area contributed by atoms with Gasteiger partial charge in [0.25, 0.3) is 0 Å². The molecule has 1 atom stereocenters. The molecular weight excluding hydrogens is 440 g/mol. The number of nitrogens with one attached hydrogen (secondary N) is 1. The average Bonchev–Trinajstić information content (AvgIpc) is 2.39. The van der Waals surface area contributed by atoms with E-state index < -0.39 is 0 Å². The van der Waals surface area contributed by atoms with Gasteiger partial charge in [0.1, 0.15) is 0 Å². The minimum Gasteiger partial charge on any atom is -0.271 e. The standard InChI is InChI=1S/C13H12BrClIN3/c14-9-3-8(6-18-7-9)4-13(19-17)11-5-10(15)1-2-12(11)16/h1-3,5-7,13,19H,4,17H2. The summed E-state index contributed by atoms with van der Waals surface area (Å²) in [6.45, 7) is 0. The van der Waals surface area contributed by atoms with Crippen molar-refractivity contribution in [3.05, 3.63) is 60.9 Å². The minimum atomic E-state index is 0.00157. The van der Waals surface area contributed by atoms with Crippen LogP contribution >= 0.6 is 50.1 Å². The quantitative estimate of drug-likeness (QED) is 0.421. The van der Waals surface area contributed by atoms with Gasteiger partial charge in [-0.05, 0) is 80.3 Å². The second-order valence-corrected chi connectivity index (χ2v) is 6.61. The highest BCUT2D eigenvalue weighted by atomic mass is 127. The van der Waals surface area contributed by atoms with Gasteiger partial charge in [-0.1, -0.05) is 11.6 Å². The summed E-state index contributed by atoms with van der Waals surface area (Å²) in [6, 6.07) is 7.85. The fraction of sp³-hybridized carbons (Fsp3) is 0.154. The molecule has 1 heterocycles. The van der Waals surface area contributed by atoms with Crippen molar-refractivity contribution in [2.75, 3.05) is 0 Å². The maximum absolute atomic E-state index is 6.05. The fourth-order valence-electron chi connectivity index (χ4n) is 1.84. The smallest absolute Gasteiger partial charge is 0.0511 e. The van der Waals surface area contributed by atoms with E-state index in [4.69, 9.17) is 17.4 Å². The molecule has 0 spiro atoms. The molecule has 2 rings (SSSR count). The molecular formula is C13H12BrClIN3. The van der Waals surface area contributed by atoms with Crippen molar-refractivity contribution in [3.8, 4) is 0 Å². The van der Waals surface area contributed by atoms with Crippen LogP contribution in [0.5, 0.6) is 0 Å². The Balaban J connectivity index is 2.27. The molecule has 100 valence electrons. The zero-order valence-electron chi connectivity index (χ0n) is 9.91. The molecule has 19 heavy (non-hydrogen) atoms. The van der Waals surface area contributed by atoms with Crippen LogP contribution in [0.3, 0.4) is 0 Å². The SMILES string of the molecule is NNC(Cc1cncc(Br)c1)c1cc(Cl)ccc1I. The van der Waals surface area contributed by atoms with Crippen molar-refractivity contribution in [1.82, 2.24) is 10.4 Å². The summed E-state index contributed by atoms with van der Waals surface area (Å²) in [5, 5.41) is 0.711. The Morgan fingerprint density at radius 2 is 2.16 bits per heavy atom.